The van der Waals surface area contributed by atoms with Gasteiger partial charge in [-0.05, 0) is 38.3 Å². The molecule has 0 aromatic carbocycles. The molecule has 2 heterocycles. The Labute approximate surface area is 157 Å². The molecule has 1 saturated heterocycles. The minimum absolute atomic E-state index is 0.117. The molecule has 27 heavy (non-hydrogen) atoms. The van der Waals surface area contributed by atoms with Crippen LogP contribution in [-0.4, -0.2) is 46.4 Å². The van der Waals surface area contributed by atoms with E-state index in [1.54, 1.807) is 0 Å². The molecule has 1 aromatic rings. The predicted molar refractivity (Wildman–Crippen MR) is 101 cm³/mol. The number of hydrogen-bond donors (Lipinski definition) is 4. The van der Waals surface area contributed by atoms with Crippen molar-refractivity contribution in [3.05, 3.63) is 38.7 Å². The predicted octanol–water partition coefficient (Wildman–Crippen LogP) is -0.145. The SMILES string of the molecule is NCCCCCCNC(=O)/C=C/c1cn(C2CCC(CO)O2)c(=O)[nH]c1=O. The number of H-pyrrole nitrogens is 1. The average molecular weight is 380 g/mol. The van der Waals surface area contributed by atoms with Gasteiger partial charge in [-0.3, -0.25) is 19.1 Å². The molecular formula is C18H28N4O5. The summed E-state index contributed by atoms with van der Waals surface area (Å²) >= 11 is 0. The second-order valence-corrected chi connectivity index (χ2v) is 6.55. The number of rotatable bonds is 10. The number of amides is 1. The highest BCUT2D eigenvalue weighted by Crippen LogP contribution is 2.26. The van der Waals surface area contributed by atoms with Crippen LogP contribution in [0.5, 0.6) is 0 Å². The lowest BCUT2D eigenvalue weighted by molar-refractivity contribution is -0.116. The van der Waals surface area contributed by atoms with E-state index in [0.717, 1.165) is 25.7 Å². The zero-order chi connectivity index (χ0) is 19.6. The lowest BCUT2D eigenvalue weighted by Crippen LogP contribution is -2.33. The molecular weight excluding hydrogens is 352 g/mol. The van der Waals surface area contributed by atoms with Crippen molar-refractivity contribution in [3.8, 4) is 0 Å². The van der Waals surface area contributed by atoms with Crippen LogP contribution in [0.1, 0.15) is 50.3 Å². The molecule has 1 fully saturated rings. The quantitative estimate of drug-likeness (QED) is 0.329. The van der Waals surface area contributed by atoms with Gasteiger partial charge in [-0.1, -0.05) is 12.8 Å². The van der Waals surface area contributed by atoms with Crippen molar-refractivity contribution >= 4 is 12.0 Å². The molecule has 0 bridgehead atoms. The van der Waals surface area contributed by atoms with Crippen molar-refractivity contribution in [1.29, 1.82) is 0 Å². The lowest BCUT2D eigenvalue weighted by Gasteiger charge is -2.15. The van der Waals surface area contributed by atoms with E-state index < -0.39 is 17.5 Å². The van der Waals surface area contributed by atoms with E-state index in [9.17, 15) is 14.4 Å². The highest BCUT2D eigenvalue weighted by atomic mass is 16.5. The molecule has 2 rings (SSSR count). The average Bonchev–Trinajstić information content (AvgIpc) is 3.13. The molecule has 2 atom stereocenters. The Kier molecular flexibility index (Phi) is 8.43. The van der Waals surface area contributed by atoms with E-state index in [-0.39, 0.29) is 24.2 Å². The van der Waals surface area contributed by atoms with E-state index in [0.29, 0.717) is 25.9 Å². The number of nitrogens with one attached hydrogen (secondary N) is 2. The summed E-state index contributed by atoms with van der Waals surface area (Å²) in [5, 5.41) is 11.9. The molecule has 5 N–H and O–H groups in total. The summed E-state index contributed by atoms with van der Waals surface area (Å²) in [7, 11) is 0. The van der Waals surface area contributed by atoms with Gasteiger partial charge in [-0.25, -0.2) is 4.79 Å². The normalized spacial score (nSPS) is 19.6. The molecule has 1 aromatic heterocycles. The number of unbranched alkanes of at least 4 members (excludes halogenated alkanes) is 3. The summed E-state index contributed by atoms with van der Waals surface area (Å²) in [5.41, 5.74) is 4.46. The van der Waals surface area contributed by atoms with Crippen molar-refractivity contribution in [2.45, 2.75) is 50.9 Å². The molecule has 1 aliphatic rings. The number of aromatic nitrogens is 2. The van der Waals surface area contributed by atoms with Gasteiger partial charge in [-0.15, -0.1) is 0 Å². The Morgan fingerprint density at radius 1 is 1.33 bits per heavy atom. The van der Waals surface area contributed by atoms with Crippen LogP contribution in [0.25, 0.3) is 6.08 Å². The van der Waals surface area contributed by atoms with E-state index in [4.69, 9.17) is 15.6 Å². The van der Waals surface area contributed by atoms with Crippen molar-refractivity contribution in [1.82, 2.24) is 14.9 Å². The third-order valence-corrected chi connectivity index (χ3v) is 4.44. The minimum Gasteiger partial charge on any atom is -0.394 e. The third-order valence-electron chi connectivity index (χ3n) is 4.44. The van der Waals surface area contributed by atoms with E-state index >= 15 is 0 Å². The number of ether oxygens (including phenoxy) is 1. The highest BCUT2D eigenvalue weighted by molar-refractivity contribution is 5.91. The highest BCUT2D eigenvalue weighted by Gasteiger charge is 2.26. The van der Waals surface area contributed by atoms with E-state index in [1.807, 2.05) is 0 Å². The zero-order valence-corrected chi connectivity index (χ0v) is 15.4. The topological polar surface area (TPSA) is 139 Å². The van der Waals surface area contributed by atoms with Crippen LogP contribution in [-0.2, 0) is 9.53 Å². The molecule has 0 radical (unpaired) electrons. The van der Waals surface area contributed by atoms with Gasteiger partial charge in [0.05, 0.1) is 18.3 Å². The first-order chi connectivity index (χ1) is 13.0. The van der Waals surface area contributed by atoms with Crippen molar-refractivity contribution in [2.75, 3.05) is 19.7 Å². The Morgan fingerprint density at radius 3 is 2.81 bits per heavy atom. The van der Waals surface area contributed by atoms with Gasteiger partial charge in [0.15, 0.2) is 0 Å². The first kappa shape index (κ1) is 21.1. The Morgan fingerprint density at radius 2 is 2.11 bits per heavy atom. The maximum atomic E-state index is 12.0. The zero-order valence-electron chi connectivity index (χ0n) is 15.4. The standard InChI is InChI=1S/C18H28N4O5/c19-9-3-1-2-4-10-20-15(24)7-5-13-11-22(18(26)21-17(13)25)16-8-6-14(12-23)27-16/h5,7,11,14,16,23H,1-4,6,8-10,12,19H2,(H,20,24)(H,21,25,26)/b7-5+. The Bertz CT molecular complexity index is 755. The largest absolute Gasteiger partial charge is 0.394 e. The number of aliphatic hydroxyl groups excluding tert-OH is 1. The monoisotopic (exact) mass is 380 g/mol. The van der Waals surface area contributed by atoms with Gasteiger partial charge in [0, 0.05) is 18.8 Å². The molecule has 150 valence electrons. The summed E-state index contributed by atoms with van der Waals surface area (Å²) < 4.78 is 6.85. The fraction of sp³-hybridized carbons (Fsp3) is 0.611. The van der Waals surface area contributed by atoms with Crippen LogP contribution >= 0.6 is 0 Å². The van der Waals surface area contributed by atoms with Gasteiger partial charge in [0.1, 0.15) is 6.23 Å². The van der Waals surface area contributed by atoms with Crippen molar-refractivity contribution in [2.24, 2.45) is 5.73 Å². The molecule has 9 nitrogen and oxygen atoms in total. The van der Waals surface area contributed by atoms with Gasteiger partial charge in [-0.2, -0.15) is 0 Å². The van der Waals surface area contributed by atoms with Crippen LogP contribution in [0.2, 0.25) is 0 Å². The van der Waals surface area contributed by atoms with Crippen molar-refractivity contribution < 1.29 is 14.6 Å². The van der Waals surface area contributed by atoms with Gasteiger partial charge in [0.2, 0.25) is 5.91 Å². The summed E-state index contributed by atoms with van der Waals surface area (Å²) in [4.78, 5) is 38.1. The van der Waals surface area contributed by atoms with Crippen LogP contribution in [0.3, 0.4) is 0 Å². The fourth-order valence-corrected chi connectivity index (χ4v) is 2.92. The fourth-order valence-electron chi connectivity index (χ4n) is 2.92. The molecule has 2 unspecified atom stereocenters. The molecule has 0 spiro atoms. The van der Waals surface area contributed by atoms with Gasteiger partial charge >= 0.3 is 5.69 Å². The van der Waals surface area contributed by atoms with Crippen LogP contribution in [0.15, 0.2) is 21.9 Å². The number of aliphatic hydroxyl groups is 1. The number of carbonyl (C=O) groups excluding carboxylic acids is 1. The summed E-state index contributed by atoms with van der Waals surface area (Å²) in [5.74, 6) is -0.302. The molecule has 9 heteroatoms. The molecule has 1 aliphatic heterocycles. The Balaban J connectivity index is 1.94. The van der Waals surface area contributed by atoms with Crippen molar-refractivity contribution in [3.63, 3.8) is 0 Å². The maximum Gasteiger partial charge on any atom is 0.330 e. The second-order valence-electron chi connectivity index (χ2n) is 6.55. The Hall–Kier alpha value is -2.23. The molecule has 1 amide bonds. The number of aromatic amines is 1. The molecule has 0 aliphatic carbocycles. The maximum absolute atomic E-state index is 12.0. The first-order valence-electron chi connectivity index (χ1n) is 9.33. The summed E-state index contributed by atoms with van der Waals surface area (Å²) in [6.45, 7) is 1.12. The number of nitrogens with zero attached hydrogens (tertiary/aromatic N) is 1. The van der Waals surface area contributed by atoms with Gasteiger partial charge < -0.3 is 20.9 Å². The number of hydrogen-bond acceptors (Lipinski definition) is 6. The number of carbonyl (C=O) groups is 1. The smallest absolute Gasteiger partial charge is 0.330 e. The number of nitrogens with two attached hydrogens (primary N) is 1. The van der Waals surface area contributed by atoms with Crippen LogP contribution in [0.4, 0.5) is 0 Å². The summed E-state index contributed by atoms with van der Waals surface area (Å²) in [6, 6.07) is 0. The van der Waals surface area contributed by atoms with E-state index in [2.05, 4.69) is 10.3 Å². The van der Waals surface area contributed by atoms with E-state index in [1.165, 1.54) is 22.9 Å². The third kappa shape index (κ3) is 6.46. The van der Waals surface area contributed by atoms with Gasteiger partial charge in [0.25, 0.3) is 5.56 Å². The summed E-state index contributed by atoms with van der Waals surface area (Å²) in [6.07, 6.45) is 8.25. The lowest BCUT2D eigenvalue weighted by atomic mass is 10.2. The second kappa shape index (κ2) is 10.8. The van der Waals surface area contributed by atoms with Crippen LogP contribution in [0, 0.1) is 0 Å². The molecule has 0 saturated carbocycles. The van der Waals surface area contributed by atoms with Crippen LogP contribution < -0.4 is 22.3 Å². The first-order valence-corrected chi connectivity index (χ1v) is 9.33. The minimum atomic E-state index is -0.581.